The highest BCUT2D eigenvalue weighted by molar-refractivity contribution is 5.94. The van der Waals surface area contributed by atoms with E-state index >= 15 is 0 Å². The average Bonchev–Trinajstić information content (AvgIpc) is 2.72. The first kappa shape index (κ1) is 22.2. The summed E-state index contributed by atoms with van der Waals surface area (Å²) in [5.41, 5.74) is 1.89. The van der Waals surface area contributed by atoms with Crippen LogP contribution in [-0.4, -0.2) is 50.8 Å². The molecular formula is C21H29N5O3. The number of hydrogen-bond donors (Lipinski definition) is 3. The largest absolute Gasteiger partial charge is 0.493 e. The van der Waals surface area contributed by atoms with Crippen molar-refractivity contribution in [3.63, 3.8) is 0 Å². The first-order valence-corrected chi connectivity index (χ1v) is 9.52. The second-order valence-corrected chi connectivity index (χ2v) is 6.37. The number of methoxy groups -OCH3 is 1. The molecule has 2 aromatic rings. The second-order valence-electron chi connectivity index (χ2n) is 6.37. The van der Waals surface area contributed by atoms with Crippen molar-refractivity contribution in [1.82, 2.24) is 10.3 Å². The van der Waals surface area contributed by atoms with E-state index in [-0.39, 0.29) is 5.91 Å². The molecule has 0 saturated heterocycles. The minimum absolute atomic E-state index is 0.115. The van der Waals surface area contributed by atoms with E-state index in [1.54, 1.807) is 26.4 Å². The van der Waals surface area contributed by atoms with E-state index in [4.69, 9.17) is 9.47 Å². The van der Waals surface area contributed by atoms with Crippen molar-refractivity contribution in [1.29, 1.82) is 0 Å². The SMILES string of the molecule is CN=C(NCCC(=O)Nc1ccc(C)cn1)Nc1cccc(OCCCOC)c1. The van der Waals surface area contributed by atoms with Gasteiger partial charge < -0.3 is 25.4 Å². The van der Waals surface area contributed by atoms with Crippen LogP contribution in [0.15, 0.2) is 47.6 Å². The number of benzene rings is 1. The Morgan fingerprint density at radius 2 is 2.03 bits per heavy atom. The van der Waals surface area contributed by atoms with Gasteiger partial charge in [-0.25, -0.2) is 4.98 Å². The lowest BCUT2D eigenvalue weighted by Crippen LogP contribution is -2.33. The fraction of sp³-hybridized carbons (Fsp3) is 0.381. The van der Waals surface area contributed by atoms with Crippen molar-refractivity contribution >= 4 is 23.4 Å². The molecule has 0 fully saturated rings. The van der Waals surface area contributed by atoms with Gasteiger partial charge in [-0.05, 0) is 30.7 Å². The Kier molecular flexibility index (Phi) is 9.44. The van der Waals surface area contributed by atoms with Gasteiger partial charge in [-0.1, -0.05) is 12.1 Å². The number of nitrogens with one attached hydrogen (secondary N) is 3. The number of hydrogen-bond acceptors (Lipinski definition) is 5. The monoisotopic (exact) mass is 399 g/mol. The molecule has 0 radical (unpaired) electrons. The van der Waals surface area contributed by atoms with Crippen LogP contribution >= 0.6 is 0 Å². The third-order valence-electron chi connectivity index (χ3n) is 3.91. The summed E-state index contributed by atoms with van der Waals surface area (Å²) in [4.78, 5) is 20.4. The van der Waals surface area contributed by atoms with Gasteiger partial charge in [0.2, 0.25) is 5.91 Å². The van der Waals surface area contributed by atoms with Crippen LogP contribution in [-0.2, 0) is 9.53 Å². The van der Waals surface area contributed by atoms with Crippen LogP contribution in [0.25, 0.3) is 0 Å². The van der Waals surface area contributed by atoms with Crippen molar-refractivity contribution in [2.45, 2.75) is 19.8 Å². The summed E-state index contributed by atoms with van der Waals surface area (Å²) in [6.07, 6.45) is 2.84. The Hall–Kier alpha value is -3.13. The van der Waals surface area contributed by atoms with E-state index in [2.05, 4.69) is 25.9 Å². The fourth-order valence-electron chi connectivity index (χ4n) is 2.41. The molecule has 0 unspecified atom stereocenters. The van der Waals surface area contributed by atoms with Gasteiger partial charge in [-0.3, -0.25) is 9.79 Å². The van der Waals surface area contributed by atoms with E-state index in [0.29, 0.717) is 38.0 Å². The summed E-state index contributed by atoms with van der Waals surface area (Å²) >= 11 is 0. The van der Waals surface area contributed by atoms with Gasteiger partial charge >= 0.3 is 0 Å². The molecule has 8 nitrogen and oxygen atoms in total. The number of nitrogens with zero attached hydrogens (tertiary/aromatic N) is 2. The van der Waals surface area contributed by atoms with Gasteiger partial charge in [0, 0.05) is 58.1 Å². The summed E-state index contributed by atoms with van der Waals surface area (Å²) in [6, 6.07) is 11.3. The molecule has 3 N–H and O–H groups in total. The number of aryl methyl sites for hydroxylation is 1. The molecule has 0 bridgehead atoms. The van der Waals surface area contributed by atoms with Gasteiger partial charge in [-0.2, -0.15) is 0 Å². The molecule has 0 saturated carbocycles. The van der Waals surface area contributed by atoms with E-state index in [0.717, 1.165) is 23.4 Å². The number of pyridine rings is 1. The van der Waals surface area contributed by atoms with E-state index in [9.17, 15) is 4.79 Å². The molecule has 2 rings (SSSR count). The van der Waals surface area contributed by atoms with Crippen molar-refractivity contribution in [2.75, 3.05) is 44.5 Å². The molecular weight excluding hydrogens is 370 g/mol. The van der Waals surface area contributed by atoms with Crippen LogP contribution in [0.5, 0.6) is 5.75 Å². The molecule has 29 heavy (non-hydrogen) atoms. The summed E-state index contributed by atoms with van der Waals surface area (Å²) in [6.45, 7) is 3.65. The highest BCUT2D eigenvalue weighted by Crippen LogP contribution is 2.17. The molecule has 0 aliphatic rings. The smallest absolute Gasteiger partial charge is 0.227 e. The standard InChI is InChI=1S/C21H29N5O3/c1-16-8-9-19(24-15-16)26-20(27)10-11-23-21(22-2)25-17-6-4-7-18(14-17)29-13-5-12-28-3/h4,6-9,14-15H,5,10-13H2,1-3H3,(H2,22,23,25)(H,24,26,27). The zero-order chi connectivity index (χ0) is 20.9. The molecule has 1 aromatic carbocycles. The van der Waals surface area contributed by atoms with Crippen LogP contribution in [0.1, 0.15) is 18.4 Å². The summed E-state index contributed by atoms with van der Waals surface area (Å²) < 4.78 is 10.7. The van der Waals surface area contributed by atoms with Crippen molar-refractivity contribution in [3.05, 3.63) is 48.2 Å². The quantitative estimate of drug-likeness (QED) is 0.323. The highest BCUT2D eigenvalue weighted by Gasteiger charge is 2.05. The van der Waals surface area contributed by atoms with Crippen molar-refractivity contribution < 1.29 is 14.3 Å². The highest BCUT2D eigenvalue weighted by atomic mass is 16.5. The van der Waals surface area contributed by atoms with E-state index in [1.807, 2.05) is 37.3 Å². The third kappa shape index (κ3) is 8.61. The topological polar surface area (TPSA) is 96.9 Å². The predicted octanol–water partition coefficient (Wildman–Crippen LogP) is 2.82. The zero-order valence-electron chi connectivity index (χ0n) is 17.2. The maximum atomic E-state index is 12.0. The minimum Gasteiger partial charge on any atom is -0.493 e. The first-order chi connectivity index (χ1) is 14.1. The number of anilines is 2. The number of carbonyl (C=O) groups is 1. The van der Waals surface area contributed by atoms with Crippen LogP contribution in [0.2, 0.25) is 0 Å². The number of ether oxygens (including phenoxy) is 2. The minimum atomic E-state index is -0.115. The molecule has 1 heterocycles. The number of carbonyl (C=O) groups excluding carboxylic acids is 1. The number of amides is 1. The number of aliphatic imine (C=N–C) groups is 1. The molecule has 0 aliphatic carbocycles. The third-order valence-corrected chi connectivity index (χ3v) is 3.91. The lowest BCUT2D eigenvalue weighted by molar-refractivity contribution is -0.116. The van der Waals surface area contributed by atoms with E-state index in [1.165, 1.54) is 0 Å². The van der Waals surface area contributed by atoms with Gasteiger partial charge in [0.05, 0.1) is 6.61 Å². The summed E-state index contributed by atoms with van der Waals surface area (Å²) in [5, 5.41) is 9.08. The Bertz CT molecular complexity index is 793. The number of aromatic nitrogens is 1. The van der Waals surface area contributed by atoms with Gasteiger partial charge in [-0.15, -0.1) is 0 Å². The van der Waals surface area contributed by atoms with Crippen LogP contribution < -0.4 is 20.7 Å². The Morgan fingerprint density at radius 3 is 2.76 bits per heavy atom. The molecule has 0 spiro atoms. The lowest BCUT2D eigenvalue weighted by atomic mass is 10.3. The van der Waals surface area contributed by atoms with Crippen LogP contribution in [0.4, 0.5) is 11.5 Å². The zero-order valence-corrected chi connectivity index (χ0v) is 17.2. The maximum absolute atomic E-state index is 12.0. The lowest BCUT2D eigenvalue weighted by Gasteiger charge is -2.13. The molecule has 0 atom stereocenters. The van der Waals surface area contributed by atoms with Gasteiger partial charge in [0.15, 0.2) is 5.96 Å². The van der Waals surface area contributed by atoms with Gasteiger partial charge in [0.1, 0.15) is 11.6 Å². The number of guanidine groups is 1. The molecule has 1 aromatic heterocycles. The van der Waals surface area contributed by atoms with Crippen LogP contribution in [0.3, 0.4) is 0 Å². The van der Waals surface area contributed by atoms with Crippen molar-refractivity contribution in [2.24, 2.45) is 4.99 Å². The second kappa shape index (κ2) is 12.4. The fourth-order valence-corrected chi connectivity index (χ4v) is 2.41. The Balaban J connectivity index is 1.75. The Morgan fingerprint density at radius 1 is 1.17 bits per heavy atom. The molecule has 8 heteroatoms. The Labute approximate surface area is 171 Å². The first-order valence-electron chi connectivity index (χ1n) is 9.52. The van der Waals surface area contributed by atoms with Crippen LogP contribution in [0, 0.1) is 6.92 Å². The number of rotatable bonds is 10. The average molecular weight is 399 g/mol. The van der Waals surface area contributed by atoms with E-state index < -0.39 is 0 Å². The van der Waals surface area contributed by atoms with Crippen molar-refractivity contribution in [3.8, 4) is 5.75 Å². The van der Waals surface area contributed by atoms with Gasteiger partial charge in [0.25, 0.3) is 0 Å². The summed E-state index contributed by atoms with van der Waals surface area (Å²) in [5.74, 6) is 1.77. The maximum Gasteiger partial charge on any atom is 0.227 e. The summed E-state index contributed by atoms with van der Waals surface area (Å²) in [7, 11) is 3.35. The molecule has 156 valence electrons. The normalized spacial score (nSPS) is 11.1. The molecule has 1 amide bonds. The molecule has 0 aliphatic heterocycles. The predicted molar refractivity (Wildman–Crippen MR) is 116 cm³/mol.